The summed E-state index contributed by atoms with van der Waals surface area (Å²) in [5.74, 6) is 0. The van der Waals surface area contributed by atoms with Crippen molar-refractivity contribution in [1.82, 2.24) is 0 Å². The zero-order valence-corrected chi connectivity index (χ0v) is 10.8. The second-order valence-electron chi connectivity index (χ2n) is 3.58. The monoisotopic (exact) mass is 298 g/mol. The molecule has 0 spiro atoms. The van der Waals surface area contributed by atoms with Gasteiger partial charge in [0.05, 0.1) is 18.5 Å². The molecule has 1 heterocycles. The number of hydrogen-bond acceptors (Lipinski definition) is 4. The van der Waals surface area contributed by atoms with Crippen molar-refractivity contribution in [2.75, 3.05) is 18.6 Å². The SMILES string of the molecule is COC(=O)N1CCC(=NO)c2cc(Br)ccc21. The molecule has 0 atom stereocenters. The van der Waals surface area contributed by atoms with E-state index in [1.807, 2.05) is 12.1 Å². The molecule has 0 saturated heterocycles. The fraction of sp³-hybridized carbons (Fsp3) is 0.273. The van der Waals surface area contributed by atoms with Crippen LogP contribution in [0.4, 0.5) is 10.5 Å². The van der Waals surface area contributed by atoms with Crippen molar-refractivity contribution in [3.63, 3.8) is 0 Å². The fourth-order valence-electron chi connectivity index (χ4n) is 1.85. The standard InChI is InChI=1S/C11H11BrN2O3/c1-17-11(15)14-5-4-9(13-16)8-6-7(12)2-3-10(8)14/h2-3,6,16H,4-5H2,1H3. The summed E-state index contributed by atoms with van der Waals surface area (Å²) in [5.41, 5.74) is 2.00. The molecule has 1 amide bonds. The van der Waals surface area contributed by atoms with Gasteiger partial charge < -0.3 is 9.94 Å². The number of methoxy groups -OCH3 is 1. The van der Waals surface area contributed by atoms with Crippen molar-refractivity contribution in [3.05, 3.63) is 28.2 Å². The third-order valence-electron chi connectivity index (χ3n) is 2.65. The topological polar surface area (TPSA) is 62.1 Å². The maximum absolute atomic E-state index is 11.6. The molecule has 1 N–H and O–H groups in total. The van der Waals surface area contributed by atoms with Crippen LogP contribution in [-0.2, 0) is 4.74 Å². The summed E-state index contributed by atoms with van der Waals surface area (Å²) in [5, 5.41) is 12.2. The van der Waals surface area contributed by atoms with Gasteiger partial charge >= 0.3 is 6.09 Å². The third kappa shape index (κ3) is 2.12. The van der Waals surface area contributed by atoms with E-state index in [1.54, 1.807) is 6.07 Å². The summed E-state index contributed by atoms with van der Waals surface area (Å²) in [6.07, 6.45) is 0.0836. The van der Waals surface area contributed by atoms with Gasteiger partial charge in [0.25, 0.3) is 0 Å². The number of ether oxygens (including phenoxy) is 1. The lowest BCUT2D eigenvalue weighted by atomic mass is 10.00. The number of hydrogen-bond donors (Lipinski definition) is 1. The summed E-state index contributed by atoms with van der Waals surface area (Å²) in [6.45, 7) is 0.445. The number of rotatable bonds is 0. The van der Waals surface area contributed by atoms with Crippen molar-refractivity contribution in [3.8, 4) is 0 Å². The van der Waals surface area contributed by atoms with Crippen LogP contribution in [0.25, 0.3) is 0 Å². The maximum atomic E-state index is 11.6. The number of fused-ring (bicyclic) bond motifs is 1. The molecular formula is C11H11BrN2O3. The van der Waals surface area contributed by atoms with Crippen LogP contribution in [0.2, 0.25) is 0 Å². The number of carbonyl (C=O) groups is 1. The Hall–Kier alpha value is -1.56. The second-order valence-corrected chi connectivity index (χ2v) is 4.50. The first-order valence-electron chi connectivity index (χ1n) is 5.03. The van der Waals surface area contributed by atoms with Gasteiger partial charge in [-0.2, -0.15) is 0 Å². The number of amides is 1. The molecule has 5 nitrogen and oxygen atoms in total. The average molecular weight is 299 g/mol. The summed E-state index contributed by atoms with van der Waals surface area (Å²) < 4.78 is 5.58. The van der Waals surface area contributed by atoms with E-state index < -0.39 is 6.09 Å². The minimum Gasteiger partial charge on any atom is -0.452 e. The maximum Gasteiger partial charge on any atom is 0.414 e. The zero-order valence-electron chi connectivity index (χ0n) is 9.18. The van der Waals surface area contributed by atoms with Crippen LogP contribution in [0, 0.1) is 0 Å². The third-order valence-corrected chi connectivity index (χ3v) is 3.14. The second kappa shape index (κ2) is 4.75. The van der Waals surface area contributed by atoms with E-state index >= 15 is 0 Å². The van der Waals surface area contributed by atoms with Crippen LogP contribution in [0.1, 0.15) is 12.0 Å². The minimum absolute atomic E-state index is 0.412. The Morgan fingerprint density at radius 1 is 1.59 bits per heavy atom. The van der Waals surface area contributed by atoms with E-state index in [1.165, 1.54) is 12.0 Å². The first-order valence-corrected chi connectivity index (χ1v) is 5.83. The minimum atomic E-state index is -0.412. The highest BCUT2D eigenvalue weighted by molar-refractivity contribution is 9.10. The highest BCUT2D eigenvalue weighted by Crippen LogP contribution is 2.30. The van der Waals surface area contributed by atoms with Crippen LogP contribution >= 0.6 is 15.9 Å². The lowest BCUT2D eigenvalue weighted by Gasteiger charge is -2.28. The molecular weight excluding hydrogens is 288 g/mol. The number of halogens is 1. The normalized spacial score (nSPS) is 16.8. The van der Waals surface area contributed by atoms with Crippen LogP contribution < -0.4 is 4.90 Å². The molecule has 0 bridgehead atoms. The predicted octanol–water partition coefficient (Wildman–Crippen LogP) is 2.60. The zero-order chi connectivity index (χ0) is 12.4. The Kier molecular flexibility index (Phi) is 3.33. The van der Waals surface area contributed by atoms with Crippen LogP contribution in [-0.4, -0.2) is 30.7 Å². The average Bonchev–Trinajstić information content (AvgIpc) is 2.36. The van der Waals surface area contributed by atoms with Gasteiger partial charge in [-0.1, -0.05) is 21.1 Å². The predicted molar refractivity (Wildman–Crippen MR) is 66.8 cm³/mol. The lowest BCUT2D eigenvalue weighted by Crippen LogP contribution is -2.37. The van der Waals surface area contributed by atoms with Gasteiger partial charge in [-0.3, -0.25) is 4.90 Å². The van der Waals surface area contributed by atoms with Crippen LogP contribution in [0.3, 0.4) is 0 Å². The molecule has 6 heteroatoms. The molecule has 0 aromatic heterocycles. The molecule has 0 aliphatic carbocycles. The smallest absolute Gasteiger partial charge is 0.414 e. The highest BCUT2D eigenvalue weighted by Gasteiger charge is 2.27. The van der Waals surface area contributed by atoms with Crippen molar-refractivity contribution in [1.29, 1.82) is 0 Å². The van der Waals surface area contributed by atoms with Gasteiger partial charge in [0.2, 0.25) is 0 Å². The summed E-state index contributed by atoms with van der Waals surface area (Å²) in [4.78, 5) is 13.1. The number of benzene rings is 1. The van der Waals surface area contributed by atoms with Crippen molar-refractivity contribution in [2.45, 2.75) is 6.42 Å². The van der Waals surface area contributed by atoms with Gasteiger partial charge in [0.1, 0.15) is 0 Å². The van der Waals surface area contributed by atoms with E-state index in [0.717, 1.165) is 10.0 Å². The Bertz CT molecular complexity index is 488. The van der Waals surface area contributed by atoms with E-state index in [0.29, 0.717) is 24.4 Å². The largest absolute Gasteiger partial charge is 0.452 e. The quantitative estimate of drug-likeness (QED) is 0.591. The van der Waals surface area contributed by atoms with Crippen molar-refractivity contribution >= 4 is 33.4 Å². The van der Waals surface area contributed by atoms with Crippen LogP contribution in [0.5, 0.6) is 0 Å². The Morgan fingerprint density at radius 2 is 2.35 bits per heavy atom. The first kappa shape index (κ1) is 11.9. The van der Waals surface area contributed by atoms with E-state index in [2.05, 4.69) is 21.1 Å². The number of carbonyl (C=O) groups excluding carboxylic acids is 1. The van der Waals surface area contributed by atoms with Gasteiger partial charge in [0, 0.05) is 23.0 Å². The molecule has 1 aliphatic heterocycles. The highest BCUT2D eigenvalue weighted by atomic mass is 79.9. The molecule has 2 rings (SSSR count). The molecule has 17 heavy (non-hydrogen) atoms. The van der Waals surface area contributed by atoms with E-state index in [4.69, 9.17) is 9.94 Å². The number of anilines is 1. The van der Waals surface area contributed by atoms with Gasteiger partial charge in [-0.25, -0.2) is 4.79 Å². The molecule has 90 valence electrons. The van der Waals surface area contributed by atoms with Crippen molar-refractivity contribution in [2.24, 2.45) is 5.16 Å². The summed E-state index contributed by atoms with van der Waals surface area (Å²) >= 11 is 3.35. The fourth-order valence-corrected chi connectivity index (χ4v) is 2.21. The Labute approximate surface area is 107 Å². The lowest BCUT2D eigenvalue weighted by molar-refractivity contribution is 0.178. The number of nitrogens with zero attached hydrogens (tertiary/aromatic N) is 2. The molecule has 0 unspecified atom stereocenters. The summed E-state index contributed by atoms with van der Waals surface area (Å²) in [7, 11) is 1.34. The van der Waals surface area contributed by atoms with Crippen molar-refractivity contribution < 1.29 is 14.7 Å². The van der Waals surface area contributed by atoms with Gasteiger partial charge in [0.15, 0.2) is 0 Å². The Balaban J connectivity index is 2.51. The van der Waals surface area contributed by atoms with E-state index in [-0.39, 0.29) is 0 Å². The molecule has 1 aromatic rings. The molecule has 0 fully saturated rings. The molecule has 0 saturated carbocycles. The van der Waals surface area contributed by atoms with E-state index in [9.17, 15) is 4.79 Å². The van der Waals surface area contributed by atoms with Gasteiger partial charge in [-0.05, 0) is 18.2 Å². The van der Waals surface area contributed by atoms with Gasteiger partial charge in [-0.15, -0.1) is 0 Å². The number of oxime groups is 1. The van der Waals surface area contributed by atoms with Crippen LogP contribution in [0.15, 0.2) is 27.8 Å². The first-order chi connectivity index (χ1) is 8.17. The Morgan fingerprint density at radius 3 is 3.00 bits per heavy atom. The summed E-state index contributed by atoms with van der Waals surface area (Å²) in [6, 6.07) is 5.44. The molecule has 0 radical (unpaired) electrons. The molecule has 1 aliphatic rings. The molecule has 1 aromatic carbocycles.